The van der Waals surface area contributed by atoms with Crippen molar-refractivity contribution in [3.05, 3.63) is 24.0 Å². The van der Waals surface area contributed by atoms with Gasteiger partial charge in [-0.25, -0.2) is 0 Å². The van der Waals surface area contributed by atoms with E-state index in [1.165, 1.54) is 5.69 Å². The summed E-state index contributed by atoms with van der Waals surface area (Å²) in [6.07, 6.45) is 5.35. The van der Waals surface area contributed by atoms with Crippen molar-refractivity contribution in [1.29, 1.82) is 0 Å². The molecule has 1 aromatic rings. The average molecular weight is 293 g/mol. The van der Waals surface area contributed by atoms with E-state index in [-0.39, 0.29) is 0 Å². The van der Waals surface area contributed by atoms with Crippen LogP contribution < -0.4 is 10.2 Å². The van der Waals surface area contributed by atoms with Gasteiger partial charge in [-0.2, -0.15) is 0 Å². The van der Waals surface area contributed by atoms with Gasteiger partial charge in [0, 0.05) is 38.1 Å². The van der Waals surface area contributed by atoms with Gasteiger partial charge in [-0.05, 0) is 37.9 Å². The first-order valence-electron chi connectivity index (χ1n) is 8.17. The summed E-state index contributed by atoms with van der Waals surface area (Å²) in [5, 5.41) is 3.41. The number of nitrogens with zero attached hydrogens (tertiary/aromatic N) is 2. The Morgan fingerprint density at radius 3 is 2.67 bits per heavy atom. The molecule has 0 atom stereocenters. The van der Waals surface area contributed by atoms with E-state index in [1.54, 1.807) is 7.11 Å². The molecule has 0 amide bonds. The van der Waals surface area contributed by atoms with Crippen molar-refractivity contribution in [2.24, 2.45) is 0 Å². The van der Waals surface area contributed by atoms with Crippen LogP contribution in [0.5, 0.6) is 0 Å². The van der Waals surface area contributed by atoms with Crippen LogP contribution in [-0.4, -0.2) is 37.8 Å². The highest BCUT2D eigenvalue weighted by Crippen LogP contribution is 2.20. The Balaban J connectivity index is 2.82. The van der Waals surface area contributed by atoms with Gasteiger partial charge in [0.05, 0.1) is 12.3 Å². The van der Waals surface area contributed by atoms with E-state index >= 15 is 0 Å². The molecule has 0 bridgehead atoms. The summed E-state index contributed by atoms with van der Waals surface area (Å²) in [6.45, 7) is 10.2. The summed E-state index contributed by atoms with van der Waals surface area (Å²) in [6, 6.07) is 4.87. The molecule has 0 aliphatic carbocycles. The van der Waals surface area contributed by atoms with Crippen LogP contribution in [0.25, 0.3) is 0 Å². The van der Waals surface area contributed by atoms with E-state index in [1.807, 2.05) is 6.20 Å². The van der Waals surface area contributed by atoms with Crippen molar-refractivity contribution in [2.45, 2.75) is 52.6 Å². The minimum absolute atomic E-state index is 0.555. The van der Waals surface area contributed by atoms with Crippen LogP contribution in [0.4, 0.5) is 5.69 Å². The fourth-order valence-electron chi connectivity index (χ4n) is 2.58. The minimum Gasteiger partial charge on any atom is -0.383 e. The molecule has 1 heterocycles. The van der Waals surface area contributed by atoms with Crippen LogP contribution in [0, 0.1) is 0 Å². The monoisotopic (exact) mass is 293 g/mol. The maximum Gasteiger partial charge on any atom is 0.0637 e. The van der Waals surface area contributed by atoms with Crippen molar-refractivity contribution < 1.29 is 4.74 Å². The number of anilines is 1. The van der Waals surface area contributed by atoms with Gasteiger partial charge < -0.3 is 15.0 Å². The maximum atomic E-state index is 5.27. The smallest absolute Gasteiger partial charge is 0.0637 e. The van der Waals surface area contributed by atoms with Gasteiger partial charge in [-0.1, -0.05) is 20.8 Å². The second kappa shape index (κ2) is 10.6. The van der Waals surface area contributed by atoms with Crippen LogP contribution in [0.1, 0.15) is 45.7 Å². The number of aromatic nitrogens is 1. The molecule has 0 fully saturated rings. The third-order valence-corrected chi connectivity index (χ3v) is 3.78. The van der Waals surface area contributed by atoms with Gasteiger partial charge in [0.1, 0.15) is 0 Å². The van der Waals surface area contributed by atoms with Crippen LogP contribution in [0.3, 0.4) is 0 Å². The first-order valence-corrected chi connectivity index (χ1v) is 8.17. The molecule has 0 aliphatic rings. The maximum absolute atomic E-state index is 5.27. The second-order valence-corrected chi connectivity index (χ2v) is 5.34. The quantitative estimate of drug-likeness (QED) is 0.636. The predicted octanol–water partition coefficient (Wildman–Crippen LogP) is 3.22. The molecule has 0 spiro atoms. The molecule has 4 heteroatoms. The third-order valence-electron chi connectivity index (χ3n) is 3.78. The lowest BCUT2D eigenvalue weighted by molar-refractivity contribution is 0.202. The van der Waals surface area contributed by atoms with Gasteiger partial charge in [-0.3, -0.25) is 4.98 Å². The van der Waals surface area contributed by atoms with Crippen molar-refractivity contribution in [3.63, 3.8) is 0 Å². The molecule has 0 unspecified atom stereocenters. The number of hydrogen-bond donors (Lipinski definition) is 1. The fourth-order valence-corrected chi connectivity index (χ4v) is 2.58. The molecule has 0 saturated heterocycles. The Morgan fingerprint density at radius 1 is 1.29 bits per heavy atom. The Bertz CT molecular complexity index is 380. The SMILES string of the molecule is CCCNCc1cc(N(CCOC)C(CC)CC)ccn1. The fraction of sp³-hybridized carbons (Fsp3) is 0.706. The van der Waals surface area contributed by atoms with Crippen molar-refractivity contribution in [2.75, 3.05) is 31.7 Å². The summed E-state index contributed by atoms with van der Waals surface area (Å²) < 4.78 is 5.27. The topological polar surface area (TPSA) is 37.4 Å². The van der Waals surface area contributed by atoms with Crippen LogP contribution in [0.15, 0.2) is 18.3 Å². The Hall–Kier alpha value is -1.13. The summed E-state index contributed by atoms with van der Waals surface area (Å²) in [7, 11) is 1.76. The molecular weight excluding hydrogens is 262 g/mol. The zero-order valence-electron chi connectivity index (χ0n) is 14.1. The Kier molecular flexibility index (Phi) is 9.02. The lowest BCUT2D eigenvalue weighted by Gasteiger charge is -2.32. The van der Waals surface area contributed by atoms with Crippen LogP contribution in [0.2, 0.25) is 0 Å². The van der Waals surface area contributed by atoms with E-state index in [9.17, 15) is 0 Å². The van der Waals surface area contributed by atoms with E-state index in [2.05, 4.69) is 48.1 Å². The first-order chi connectivity index (χ1) is 10.3. The average Bonchev–Trinajstić information content (AvgIpc) is 2.52. The van der Waals surface area contributed by atoms with Crippen molar-refractivity contribution >= 4 is 5.69 Å². The molecule has 0 saturated carbocycles. The van der Waals surface area contributed by atoms with Gasteiger partial charge in [0.15, 0.2) is 0 Å². The van der Waals surface area contributed by atoms with E-state index in [0.29, 0.717) is 6.04 Å². The molecule has 4 nitrogen and oxygen atoms in total. The summed E-state index contributed by atoms with van der Waals surface area (Å²) in [4.78, 5) is 6.92. The molecular formula is C17H31N3O. The summed E-state index contributed by atoms with van der Waals surface area (Å²) in [5.74, 6) is 0. The molecule has 1 N–H and O–H groups in total. The highest BCUT2D eigenvalue weighted by atomic mass is 16.5. The Labute approximate surface area is 129 Å². The highest BCUT2D eigenvalue weighted by molar-refractivity contribution is 5.47. The number of methoxy groups -OCH3 is 1. The van der Waals surface area contributed by atoms with Crippen LogP contribution in [-0.2, 0) is 11.3 Å². The van der Waals surface area contributed by atoms with Crippen molar-refractivity contribution in [3.8, 4) is 0 Å². The van der Waals surface area contributed by atoms with Gasteiger partial charge >= 0.3 is 0 Å². The molecule has 0 aromatic carbocycles. The normalized spacial score (nSPS) is 11.1. The molecule has 0 radical (unpaired) electrons. The third kappa shape index (κ3) is 6.02. The Morgan fingerprint density at radius 2 is 2.05 bits per heavy atom. The molecule has 1 aromatic heterocycles. The number of ether oxygens (including phenoxy) is 1. The zero-order chi connectivity index (χ0) is 15.5. The lowest BCUT2D eigenvalue weighted by Crippen LogP contribution is -2.37. The standard InChI is InChI=1S/C17H31N3O/c1-5-9-18-14-15-13-17(8-10-19-15)20(11-12-21-4)16(6-2)7-3/h8,10,13,16,18H,5-7,9,11-12,14H2,1-4H3. The number of rotatable bonds is 11. The number of hydrogen-bond acceptors (Lipinski definition) is 4. The summed E-state index contributed by atoms with van der Waals surface area (Å²) >= 11 is 0. The molecule has 0 aliphatic heterocycles. The largest absolute Gasteiger partial charge is 0.383 e. The van der Waals surface area contributed by atoms with Gasteiger partial charge in [0.2, 0.25) is 0 Å². The van der Waals surface area contributed by atoms with Gasteiger partial charge in [-0.15, -0.1) is 0 Å². The zero-order valence-corrected chi connectivity index (χ0v) is 14.1. The summed E-state index contributed by atoms with van der Waals surface area (Å²) in [5.41, 5.74) is 2.36. The van der Waals surface area contributed by atoms with Crippen LogP contribution >= 0.6 is 0 Å². The first kappa shape index (κ1) is 17.9. The van der Waals surface area contributed by atoms with E-state index < -0.39 is 0 Å². The van der Waals surface area contributed by atoms with Crippen molar-refractivity contribution in [1.82, 2.24) is 10.3 Å². The lowest BCUT2D eigenvalue weighted by atomic mass is 10.1. The van der Waals surface area contributed by atoms with Gasteiger partial charge in [0.25, 0.3) is 0 Å². The number of pyridine rings is 1. The van der Waals surface area contributed by atoms with E-state index in [4.69, 9.17) is 4.74 Å². The molecule has 120 valence electrons. The molecule has 1 rings (SSSR count). The highest BCUT2D eigenvalue weighted by Gasteiger charge is 2.16. The minimum atomic E-state index is 0.555. The molecule has 21 heavy (non-hydrogen) atoms. The number of nitrogens with one attached hydrogen (secondary N) is 1. The predicted molar refractivity (Wildman–Crippen MR) is 89.8 cm³/mol. The van der Waals surface area contributed by atoms with E-state index in [0.717, 1.165) is 51.2 Å². The second-order valence-electron chi connectivity index (χ2n) is 5.34.